The number of thiocarbonyl (C=S) groups is 1. The molecule has 0 unspecified atom stereocenters. The maximum absolute atomic E-state index is 11.9. The van der Waals surface area contributed by atoms with E-state index in [2.05, 4.69) is 30.0 Å². The molecular weight excluding hydrogens is 334 g/mol. The maximum Gasteiger partial charge on any atom is 0.276 e. The molecule has 0 radical (unpaired) electrons. The standard InChI is InChI=1S/C19H29N3O2S/c1-12-8-9-16(10-14(12)3)24-11-18(23)21-22-19(25)20-17-7-5-6-13(2)15(17)4/h8-10,13,15,17H,5-7,11H2,1-4H3,(H,21,23)(H2,20,22,25)/t13-,15-,17+/m0/s1. The molecule has 1 fully saturated rings. The molecule has 0 bridgehead atoms. The molecule has 25 heavy (non-hydrogen) atoms. The minimum Gasteiger partial charge on any atom is -0.484 e. The van der Waals surface area contributed by atoms with Gasteiger partial charge in [0.05, 0.1) is 0 Å². The summed E-state index contributed by atoms with van der Waals surface area (Å²) in [4.78, 5) is 11.9. The number of amides is 1. The second kappa shape index (κ2) is 9.04. The van der Waals surface area contributed by atoms with Gasteiger partial charge in [0.25, 0.3) is 5.91 Å². The highest BCUT2D eigenvalue weighted by Gasteiger charge is 2.27. The summed E-state index contributed by atoms with van der Waals surface area (Å²) in [5, 5.41) is 3.76. The highest BCUT2D eigenvalue weighted by Crippen LogP contribution is 2.29. The second-order valence-electron chi connectivity index (χ2n) is 7.06. The van der Waals surface area contributed by atoms with Crippen LogP contribution in [0.2, 0.25) is 0 Å². The van der Waals surface area contributed by atoms with Crippen molar-refractivity contribution in [3.8, 4) is 5.75 Å². The van der Waals surface area contributed by atoms with Gasteiger partial charge >= 0.3 is 0 Å². The number of hydrogen-bond donors (Lipinski definition) is 3. The van der Waals surface area contributed by atoms with Gasteiger partial charge in [-0.05, 0) is 67.6 Å². The monoisotopic (exact) mass is 363 g/mol. The molecule has 0 spiro atoms. The molecule has 1 saturated carbocycles. The molecule has 3 atom stereocenters. The Balaban J connectivity index is 1.70. The normalized spacial score (nSPS) is 22.8. The van der Waals surface area contributed by atoms with Crippen molar-refractivity contribution in [2.75, 3.05) is 6.61 Å². The van der Waals surface area contributed by atoms with E-state index in [0.29, 0.717) is 28.7 Å². The zero-order valence-electron chi connectivity index (χ0n) is 15.5. The number of hydrogen-bond acceptors (Lipinski definition) is 3. The minimum absolute atomic E-state index is 0.0605. The molecular formula is C19H29N3O2S. The average Bonchev–Trinajstić information content (AvgIpc) is 2.58. The highest BCUT2D eigenvalue weighted by molar-refractivity contribution is 7.80. The Labute approximate surface area is 155 Å². The molecule has 1 aliphatic rings. The summed E-state index contributed by atoms with van der Waals surface area (Å²) < 4.78 is 5.50. The van der Waals surface area contributed by atoms with Crippen molar-refractivity contribution in [2.24, 2.45) is 11.8 Å². The minimum atomic E-state index is -0.271. The Bertz CT molecular complexity index is 621. The molecule has 1 amide bonds. The van der Waals surface area contributed by atoms with Crippen molar-refractivity contribution >= 4 is 23.2 Å². The quantitative estimate of drug-likeness (QED) is 0.567. The summed E-state index contributed by atoms with van der Waals surface area (Å²) in [5.74, 6) is 1.67. The van der Waals surface area contributed by atoms with Gasteiger partial charge in [0.1, 0.15) is 5.75 Å². The molecule has 1 aromatic rings. The average molecular weight is 364 g/mol. The fourth-order valence-corrected chi connectivity index (χ4v) is 3.31. The highest BCUT2D eigenvalue weighted by atomic mass is 32.1. The van der Waals surface area contributed by atoms with Gasteiger partial charge in [0, 0.05) is 6.04 Å². The third kappa shape index (κ3) is 5.88. The van der Waals surface area contributed by atoms with Crippen molar-refractivity contribution in [3.05, 3.63) is 29.3 Å². The fraction of sp³-hybridized carbons (Fsp3) is 0.579. The van der Waals surface area contributed by atoms with Crippen molar-refractivity contribution in [1.82, 2.24) is 16.2 Å². The second-order valence-corrected chi connectivity index (χ2v) is 7.46. The van der Waals surface area contributed by atoms with Crippen LogP contribution in [0.3, 0.4) is 0 Å². The van der Waals surface area contributed by atoms with Gasteiger partial charge < -0.3 is 10.1 Å². The maximum atomic E-state index is 11.9. The van der Waals surface area contributed by atoms with E-state index >= 15 is 0 Å². The first-order chi connectivity index (χ1) is 11.9. The predicted octanol–water partition coefficient (Wildman–Crippen LogP) is 3.00. The van der Waals surface area contributed by atoms with Crippen LogP contribution in [0, 0.1) is 25.7 Å². The van der Waals surface area contributed by atoms with Crippen LogP contribution in [0.5, 0.6) is 5.75 Å². The lowest BCUT2D eigenvalue weighted by molar-refractivity contribution is -0.123. The van der Waals surface area contributed by atoms with Crippen LogP contribution in [-0.2, 0) is 4.79 Å². The number of carbonyl (C=O) groups is 1. The number of hydrazine groups is 1. The molecule has 0 aromatic heterocycles. The number of ether oxygens (including phenoxy) is 1. The van der Waals surface area contributed by atoms with E-state index in [1.54, 1.807) is 0 Å². The number of rotatable bonds is 4. The van der Waals surface area contributed by atoms with Gasteiger partial charge in [-0.3, -0.25) is 15.6 Å². The third-order valence-electron chi connectivity index (χ3n) is 5.19. The summed E-state index contributed by atoms with van der Waals surface area (Å²) in [7, 11) is 0. The van der Waals surface area contributed by atoms with Crippen LogP contribution in [0.25, 0.3) is 0 Å². The molecule has 0 heterocycles. The van der Waals surface area contributed by atoms with E-state index in [1.165, 1.54) is 18.4 Å². The van der Waals surface area contributed by atoms with Crippen molar-refractivity contribution in [1.29, 1.82) is 0 Å². The molecule has 0 saturated heterocycles. The van der Waals surface area contributed by atoms with Crippen LogP contribution in [0.4, 0.5) is 0 Å². The van der Waals surface area contributed by atoms with Gasteiger partial charge in [-0.25, -0.2) is 0 Å². The third-order valence-corrected chi connectivity index (χ3v) is 5.41. The zero-order valence-corrected chi connectivity index (χ0v) is 16.3. The van der Waals surface area contributed by atoms with Crippen LogP contribution in [0.15, 0.2) is 18.2 Å². The van der Waals surface area contributed by atoms with Crippen molar-refractivity contribution in [2.45, 2.75) is 53.0 Å². The summed E-state index contributed by atoms with van der Waals surface area (Å²) in [6, 6.07) is 6.12. The smallest absolute Gasteiger partial charge is 0.276 e. The largest absolute Gasteiger partial charge is 0.484 e. The molecule has 138 valence electrons. The van der Waals surface area contributed by atoms with E-state index < -0.39 is 0 Å². The van der Waals surface area contributed by atoms with E-state index in [-0.39, 0.29) is 12.5 Å². The van der Waals surface area contributed by atoms with Gasteiger partial charge in [-0.15, -0.1) is 0 Å². The van der Waals surface area contributed by atoms with E-state index in [1.807, 2.05) is 32.0 Å². The van der Waals surface area contributed by atoms with Gasteiger partial charge in [-0.1, -0.05) is 32.8 Å². The Morgan fingerprint density at radius 1 is 1.20 bits per heavy atom. The fourth-order valence-electron chi connectivity index (χ4n) is 3.11. The molecule has 1 aromatic carbocycles. The Morgan fingerprint density at radius 3 is 2.68 bits per heavy atom. The van der Waals surface area contributed by atoms with Gasteiger partial charge in [0.2, 0.25) is 0 Å². The van der Waals surface area contributed by atoms with Crippen LogP contribution in [0.1, 0.15) is 44.2 Å². The first-order valence-corrected chi connectivity index (χ1v) is 9.33. The first kappa shape index (κ1) is 19.5. The molecule has 0 aliphatic heterocycles. The predicted molar refractivity (Wildman–Crippen MR) is 104 cm³/mol. The Morgan fingerprint density at radius 2 is 1.96 bits per heavy atom. The lowest BCUT2D eigenvalue weighted by atomic mass is 9.78. The summed E-state index contributed by atoms with van der Waals surface area (Å²) >= 11 is 5.28. The number of nitrogens with one attached hydrogen (secondary N) is 3. The van der Waals surface area contributed by atoms with E-state index in [4.69, 9.17) is 17.0 Å². The van der Waals surface area contributed by atoms with E-state index in [0.717, 1.165) is 12.0 Å². The molecule has 3 N–H and O–H groups in total. The number of aryl methyl sites for hydroxylation is 2. The lowest BCUT2D eigenvalue weighted by Gasteiger charge is -2.35. The van der Waals surface area contributed by atoms with E-state index in [9.17, 15) is 4.79 Å². The van der Waals surface area contributed by atoms with Crippen LogP contribution in [-0.4, -0.2) is 23.7 Å². The van der Waals surface area contributed by atoms with Crippen LogP contribution < -0.4 is 20.9 Å². The summed E-state index contributed by atoms with van der Waals surface area (Å²) in [5.41, 5.74) is 7.67. The van der Waals surface area contributed by atoms with Crippen LogP contribution >= 0.6 is 12.2 Å². The molecule has 5 nitrogen and oxygen atoms in total. The SMILES string of the molecule is Cc1ccc(OCC(=O)NNC(=S)N[C@@H]2CCC[C@H](C)[C@@H]2C)cc1C. The number of benzene rings is 1. The number of carbonyl (C=O) groups excluding carboxylic acids is 1. The zero-order chi connectivity index (χ0) is 18.4. The Kier molecular flexibility index (Phi) is 7.05. The first-order valence-electron chi connectivity index (χ1n) is 8.92. The molecule has 2 rings (SSSR count). The van der Waals surface area contributed by atoms with Gasteiger partial charge in [-0.2, -0.15) is 0 Å². The summed E-state index contributed by atoms with van der Waals surface area (Å²) in [6.45, 7) is 8.52. The Hall–Kier alpha value is -1.82. The molecule has 1 aliphatic carbocycles. The van der Waals surface area contributed by atoms with Crippen molar-refractivity contribution in [3.63, 3.8) is 0 Å². The molecule has 6 heteroatoms. The lowest BCUT2D eigenvalue weighted by Crippen LogP contribution is -2.53. The van der Waals surface area contributed by atoms with Crippen molar-refractivity contribution < 1.29 is 9.53 Å². The van der Waals surface area contributed by atoms with Gasteiger partial charge in [0.15, 0.2) is 11.7 Å². The topological polar surface area (TPSA) is 62.4 Å². The summed E-state index contributed by atoms with van der Waals surface area (Å²) in [6.07, 6.45) is 3.59.